The Bertz CT molecular complexity index is 782. The summed E-state index contributed by atoms with van der Waals surface area (Å²) < 4.78 is 0. The summed E-state index contributed by atoms with van der Waals surface area (Å²) in [6.07, 6.45) is 1.72. The molecule has 1 aliphatic rings. The average molecular weight is 344 g/mol. The lowest BCUT2D eigenvalue weighted by Gasteiger charge is -2.12. The predicted molar refractivity (Wildman–Crippen MR) is 94.1 cm³/mol. The maximum Gasteiger partial charge on any atom is 0.293 e. The van der Waals surface area contributed by atoms with Crippen molar-refractivity contribution in [3.8, 4) is 0 Å². The van der Waals surface area contributed by atoms with Crippen molar-refractivity contribution in [1.29, 1.82) is 0 Å². The summed E-state index contributed by atoms with van der Waals surface area (Å²) in [4.78, 5) is 26.3. The molecule has 0 spiro atoms. The highest BCUT2D eigenvalue weighted by atomic mass is 35.5. The molecule has 1 saturated heterocycles. The van der Waals surface area contributed by atoms with Crippen LogP contribution in [-0.4, -0.2) is 16.0 Å². The van der Waals surface area contributed by atoms with Crippen LogP contribution in [0.1, 0.15) is 16.7 Å². The molecule has 2 amide bonds. The third-order valence-electron chi connectivity index (χ3n) is 3.50. The van der Waals surface area contributed by atoms with E-state index in [4.69, 9.17) is 11.6 Å². The summed E-state index contributed by atoms with van der Waals surface area (Å²) in [6, 6.07) is 14.9. The second-order valence-corrected chi connectivity index (χ2v) is 6.73. The zero-order valence-corrected chi connectivity index (χ0v) is 14.0. The van der Waals surface area contributed by atoms with Crippen LogP contribution < -0.4 is 0 Å². The number of thioether (sulfide) groups is 1. The Morgan fingerprint density at radius 1 is 1.04 bits per heavy atom. The van der Waals surface area contributed by atoms with Gasteiger partial charge in [-0.1, -0.05) is 53.6 Å². The van der Waals surface area contributed by atoms with E-state index in [9.17, 15) is 9.59 Å². The lowest BCUT2D eigenvalue weighted by molar-refractivity contribution is -0.123. The van der Waals surface area contributed by atoms with Gasteiger partial charge < -0.3 is 0 Å². The molecule has 2 aromatic carbocycles. The molecule has 1 fully saturated rings. The van der Waals surface area contributed by atoms with Gasteiger partial charge >= 0.3 is 0 Å². The standard InChI is InChI=1S/C18H14ClNO2S/c1-12-2-4-14(5-3-12)11-20-17(21)16(23-18(20)22)10-13-6-8-15(19)9-7-13/h2-10H,11H2,1H3/b16-10+. The van der Waals surface area contributed by atoms with E-state index in [1.54, 1.807) is 18.2 Å². The molecule has 0 aliphatic carbocycles. The minimum absolute atomic E-state index is 0.240. The number of carbonyl (C=O) groups excluding carboxylic acids is 2. The Kier molecular flexibility index (Phi) is 4.55. The van der Waals surface area contributed by atoms with Crippen LogP contribution in [0, 0.1) is 6.92 Å². The highest BCUT2D eigenvalue weighted by molar-refractivity contribution is 8.18. The van der Waals surface area contributed by atoms with Crippen molar-refractivity contribution in [2.45, 2.75) is 13.5 Å². The molecule has 1 aliphatic heterocycles. The van der Waals surface area contributed by atoms with E-state index in [1.165, 1.54) is 4.90 Å². The molecule has 116 valence electrons. The van der Waals surface area contributed by atoms with Crippen LogP contribution >= 0.6 is 23.4 Å². The van der Waals surface area contributed by atoms with Gasteiger partial charge in [-0.3, -0.25) is 14.5 Å². The van der Waals surface area contributed by atoms with E-state index < -0.39 is 0 Å². The number of aryl methyl sites for hydroxylation is 1. The number of carbonyl (C=O) groups is 2. The van der Waals surface area contributed by atoms with Crippen molar-refractivity contribution in [3.05, 3.63) is 75.1 Å². The monoisotopic (exact) mass is 343 g/mol. The van der Waals surface area contributed by atoms with Gasteiger partial charge in [0.15, 0.2) is 0 Å². The van der Waals surface area contributed by atoms with Gasteiger partial charge in [0.2, 0.25) is 0 Å². The molecule has 0 radical (unpaired) electrons. The summed E-state index contributed by atoms with van der Waals surface area (Å²) in [7, 11) is 0. The molecule has 0 N–H and O–H groups in total. The van der Waals surface area contributed by atoms with Crippen molar-refractivity contribution in [2.24, 2.45) is 0 Å². The molecule has 0 bridgehead atoms. The van der Waals surface area contributed by atoms with E-state index in [2.05, 4.69) is 0 Å². The Hall–Kier alpha value is -2.04. The third kappa shape index (κ3) is 3.66. The highest BCUT2D eigenvalue weighted by Crippen LogP contribution is 2.33. The molecule has 3 rings (SSSR count). The van der Waals surface area contributed by atoms with E-state index in [0.717, 1.165) is 28.5 Å². The molecule has 0 atom stereocenters. The topological polar surface area (TPSA) is 37.4 Å². The molecule has 23 heavy (non-hydrogen) atoms. The molecule has 3 nitrogen and oxygen atoms in total. The van der Waals surface area contributed by atoms with Crippen LogP contribution in [0.25, 0.3) is 6.08 Å². The van der Waals surface area contributed by atoms with Crippen LogP contribution in [0.15, 0.2) is 53.4 Å². The maximum absolute atomic E-state index is 12.4. The number of nitrogens with zero attached hydrogens (tertiary/aromatic N) is 1. The fourth-order valence-corrected chi connectivity index (χ4v) is 3.19. The zero-order chi connectivity index (χ0) is 16.4. The number of imide groups is 1. The first kappa shape index (κ1) is 15.8. The molecule has 0 saturated carbocycles. The SMILES string of the molecule is Cc1ccc(CN2C(=O)S/C(=C/c3ccc(Cl)cc3)C2=O)cc1. The summed E-state index contributed by atoms with van der Waals surface area (Å²) in [5, 5.41) is 0.394. The van der Waals surface area contributed by atoms with E-state index in [-0.39, 0.29) is 11.1 Å². The van der Waals surface area contributed by atoms with Crippen molar-refractivity contribution in [1.82, 2.24) is 4.90 Å². The summed E-state index contributed by atoms with van der Waals surface area (Å²) in [5.74, 6) is -0.254. The first-order valence-corrected chi connectivity index (χ1v) is 8.29. The second kappa shape index (κ2) is 6.60. The van der Waals surface area contributed by atoms with Crippen molar-refractivity contribution in [2.75, 3.05) is 0 Å². The van der Waals surface area contributed by atoms with E-state index in [0.29, 0.717) is 16.5 Å². The maximum atomic E-state index is 12.4. The summed E-state index contributed by atoms with van der Waals surface area (Å²) in [6.45, 7) is 2.29. The number of hydrogen-bond acceptors (Lipinski definition) is 3. The summed E-state index contributed by atoms with van der Waals surface area (Å²) >= 11 is 6.82. The third-order valence-corrected chi connectivity index (χ3v) is 4.66. The normalized spacial score (nSPS) is 16.4. The number of halogens is 1. The Morgan fingerprint density at radius 3 is 2.35 bits per heavy atom. The predicted octanol–water partition coefficient (Wildman–Crippen LogP) is 4.88. The van der Waals surface area contributed by atoms with Gasteiger partial charge in [0, 0.05) is 5.02 Å². The van der Waals surface area contributed by atoms with Gasteiger partial charge in [-0.25, -0.2) is 0 Å². The average Bonchev–Trinajstić information content (AvgIpc) is 2.79. The molecule has 1 heterocycles. The zero-order valence-electron chi connectivity index (χ0n) is 12.5. The lowest BCUT2D eigenvalue weighted by Crippen LogP contribution is -2.27. The smallest absolute Gasteiger partial charge is 0.268 e. The number of hydrogen-bond donors (Lipinski definition) is 0. The Balaban J connectivity index is 1.79. The molecular formula is C18H14ClNO2S. The van der Waals surface area contributed by atoms with Crippen LogP contribution in [0.4, 0.5) is 4.79 Å². The fraction of sp³-hybridized carbons (Fsp3) is 0.111. The van der Waals surface area contributed by atoms with E-state index in [1.807, 2.05) is 43.3 Å². The molecule has 5 heteroatoms. The van der Waals surface area contributed by atoms with Crippen molar-refractivity contribution in [3.63, 3.8) is 0 Å². The first-order chi connectivity index (χ1) is 11.0. The largest absolute Gasteiger partial charge is 0.293 e. The molecule has 0 aromatic heterocycles. The minimum Gasteiger partial charge on any atom is -0.268 e. The lowest BCUT2D eigenvalue weighted by atomic mass is 10.1. The van der Waals surface area contributed by atoms with Crippen molar-refractivity contribution < 1.29 is 9.59 Å². The Morgan fingerprint density at radius 2 is 1.70 bits per heavy atom. The second-order valence-electron chi connectivity index (χ2n) is 5.31. The Labute approximate surface area is 143 Å². The van der Waals surface area contributed by atoms with Gasteiger partial charge in [0.05, 0.1) is 11.4 Å². The number of amides is 2. The number of benzene rings is 2. The summed E-state index contributed by atoms with van der Waals surface area (Å²) in [5.41, 5.74) is 2.92. The first-order valence-electron chi connectivity index (χ1n) is 7.09. The van der Waals surface area contributed by atoms with Crippen LogP contribution in [0.5, 0.6) is 0 Å². The minimum atomic E-state index is -0.254. The van der Waals surface area contributed by atoms with Gasteiger partial charge in [-0.15, -0.1) is 0 Å². The van der Waals surface area contributed by atoms with Crippen LogP contribution in [0.3, 0.4) is 0 Å². The molecule has 2 aromatic rings. The highest BCUT2D eigenvalue weighted by Gasteiger charge is 2.34. The van der Waals surface area contributed by atoms with Crippen LogP contribution in [0.2, 0.25) is 5.02 Å². The van der Waals surface area contributed by atoms with Gasteiger partial charge in [0.25, 0.3) is 11.1 Å². The van der Waals surface area contributed by atoms with Gasteiger partial charge in [-0.2, -0.15) is 0 Å². The van der Waals surface area contributed by atoms with Crippen LogP contribution in [-0.2, 0) is 11.3 Å². The van der Waals surface area contributed by atoms with Gasteiger partial charge in [0.1, 0.15) is 0 Å². The number of rotatable bonds is 3. The van der Waals surface area contributed by atoms with Gasteiger partial charge in [-0.05, 0) is 48.0 Å². The molecular weight excluding hydrogens is 330 g/mol. The van der Waals surface area contributed by atoms with Crippen molar-refractivity contribution >= 4 is 40.6 Å². The quantitative estimate of drug-likeness (QED) is 0.745. The molecule has 0 unspecified atom stereocenters. The van der Waals surface area contributed by atoms with E-state index >= 15 is 0 Å². The fourth-order valence-electron chi connectivity index (χ4n) is 2.22.